The SMILES string of the molecule is CCOC(=O)c1cccc(NC(=O)C(=O)NC(CCC(=O)O)C(=O)O)c1. The molecule has 0 saturated carbocycles. The highest BCUT2D eigenvalue weighted by Crippen LogP contribution is 2.12. The molecule has 4 N–H and O–H groups in total. The summed E-state index contributed by atoms with van der Waals surface area (Å²) in [5.41, 5.74) is 0.294. The van der Waals surface area contributed by atoms with E-state index in [1.165, 1.54) is 24.3 Å². The lowest BCUT2D eigenvalue weighted by molar-refractivity contribution is -0.144. The largest absolute Gasteiger partial charge is 0.481 e. The van der Waals surface area contributed by atoms with Crippen molar-refractivity contribution in [1.29, 1.82) is 0 Å². The van der Waals surface area contributed by atoms with Crippen molar-refractivity contribution >= 4 is 35.4 Å². The number of aliphatic carboxylic acids is 2. The van der Waals surface area contributed by atoms with Crippen LogP contribution >= 0.6 is 0 Å². The highest BCUT2D eigenvalue weighted by molar-refractivity contribution is 6.40. The van der Waals surface area contributed by atoms with Crippen LogP contribution in [0.5, 0.6) is 0 Å². The van der Waals surface area contributed by atoms with Crippen LogP contribution in [-0.2, 0) is 23.9 Å². The van der Waals surface area contributed by atoms with Gasteiger partial charge < -0.3 is 25.6 Å². The average Bonchev–Trinajstić information content (AvgIpc) is 2.58. The van der Waals surface area contributed by atoms with Crippen LogP contribution in [0.2, 0.25) is 0 Å². The summed E-state index contributed by atoms with van der Waals surface area (Å²) in [4.78, 5) is 56.8. The fourth-order valence-electron chi connectivity index (χ4n) is 1.88. The smallest absolute Gasteiger partial charge is 0.338 e. The number of carboxylic acid groups (broad SMARTS) is 2. The highest BCUT2D eigenvalue weighted by atomic mass is 16.5. The normalized spacial score (nSPS) is 11.1. The van der Waals surface area contributed by atoms with Gasteiger partial charge in [-0.1, -0.05) is 6.07 Å². The number of carboxylic acids is 2. The van der Waals surface area contributed by atoms with Crippen LogP contribution in [0.15, 0.2) is 24.3 Å². The van der Waals surface area contributed by atoms with E-state index in [9.17, 15) is 24.0 Å². The van der Waals surface area contributed by atoms with Crippen molar-refractivity contribution in [1.82, 2.24) is 5.32 Å². The van der Waals surface area contributed by atoms with Crippen LogP contribution < -0.4 is 10.6 Å². The number of rotatable bonds is 8. The van der Waals surface area contributed by atoms with E-state index >= 15 is 0 Å². The van der Waals surface area contributed by atoms with Gasteiger partial charge >= 0.3 is 29.7 Å². The Bertz CT molecular complexity index is 716. The molecule has 0 aliphatic heterocycles. The molecule has 0 spiro atoms. The number of hydrogen-bond acceptors (Lipinski definition) is 6. The van der Waals surface area contributed by atoms with E-state index in [1.807, 2.05) is 5.32 Å². The molecule has 140 valence electrons. The van der Waals surface area contributed by atoms with Gasteiger partial charge in [0, 0.05) is 12.1 Å². The fourth-order valence-corrected chi connectivity index (χ4v) is 1.88. The molecule has 1 atom stereocenters. The lowest BCUT2D eigenvalue weighted by Gasteiger charge is -2.13. The van der Waals surface area contributed by atoms with E-state index in [0.717, 1.165) is 0 Å². The number of nitrogens with one attached hydrogen (secondary N) is 2. The Labute approximate surface area is 148 Å². The van der Waals surface area contributed by atoms with Crippen LogP contribution in [0.4, 0.5) is 5.69 Å². The van der Waals surface area contributed by atoms with Crippen molar-refractivity contribution in [3.8, 4) is 0 Å². The lowest BCUT2D eigenvalue weighted by Crippen LogP contribution is -2.45. The van der Waals surface area contributed by atoms with Crippen LogP contribution in [0.25, 0.3) is 0 Å². The molecule has 1 aromatic carbocycles. The summed E-state index contributed by atoms with van der Waals surface area (Å²) in [5, 5.41) is 21.7. The first-order valence-corrected chi connectivity index (χ1v) is 7.58. The van der Waals surface area contributed by atoms with Crippen LogP contribution in [0, 0.1) is 0 Å². The zero-order valence-electron chi connectivity index (χ0n) is 13.9. The van der Waals surface area contributed by atoms with Crippen LogP contribution in [-0.4, -0.2) is 52.6 Å². The topological polar surface area (TPSA) is 159 Å². The minimum Gasteiger partial charge on any atom is -0.481 e. The minimum atomic E-state index is -1.52. The molecule has 0 heterocycles. The van der Waals surface area contributed by atoms with Gasteiger partial charge in [-0.05, 0) is 31.5 Å². The molecule has 1 aromatic rings. The summed E-state index contributed by atoms with van der Waals surface area (Å²) in [6.07, 6.45) is -0.859. The first kappa shape index (κ1) is 20.6. The average molecular weight is 366 g/mol. The highest BCUT2D eigenvalue weighted by Gasteiger charge is 2.24. The molecule has 0 aliphatic carbocycles. The molecule has 0 radical (unpaired) electrons. The first-order valence-electron chi connectivity index (χ1n) is 7.58. The third-order valence-electron chi connectivity index (χ3n) is 3.09. The van der Waals surface area contributed by atoms with Crippen molar-refractivity contribution in [3.63, 3.8) is 0 Å². The third-order valence-corrected chi connectivity index (χ3v) is 3.09. The van der Waals surface area contributed by atoms with Crippen molar-refractivity contribution in [3.05, 3.63) is 29.8 Å². The van der Waals surface area contributed by atoms with Crippen LogP contribution in [0.1, 0.15) is 30.1 Å². The summed E-state index contributed by atoms with van der Waals surface area (Å²) >= 11 is 0. The molecule has 1 rings (SSSR count). The minimum absolute atomic E-state index is 0.133. The molecule has 2 amide bonds. The summed E-state index contributed by atoms with van der Waals surface area (Å²) < 4.78 is 4.82. The van der Waals surface area contributed by atoms with Crippen LogP contribution in [0.3, 0.4) is 0 Å². The standard InChI is InChI=1S/C16H18N2O8/c1-2-26-16(25)9-4-3-5-10(8-9)17-13(21)14(22)18-11(15(23)24)6-7-12(19)20/h3-5,8,11H,2,6-7H2,1H3,(H,17,21)(H,18,22)(H,19,20)(H,23,24). The summed E-state index contributed by atoms with van der Waals surface area (Å²) in [6.45, 7) is 1.81. The van der Waals surface area contributed by atoms with E-state index in [2.05, 4.69) is 5.32 Å². The van der Waals surface area contributed by atoms with Gasteiger partial charge in [0.1, 0.15) is 6.04 Å². The van der Waals surface area contributed by atoms with Gasteiger partial charge in [-0.15, -0.1) is 0 Å². The quantitative estimate of drug-likeness (QED) is 0.376. The van der Waals surface area contributed by atoms with Gasteiger partial charge in [-0.25, -0.2) is 9.59 Å². The number of carbonyl (C=O) groups is 5. The number of ether oxygens (including phenoxy) is 1. The van der Waals surface area contributed by atoms with Gasteiger partial charge in [-0.3, -0.25) is 14.4 Å². The molecule has 0 aromatic heterocycles. The molecule has 10 heteroatoms. The van der Waals surface area contributed by atoms with E-state index in [4.69, 9.17) is 14.9 Å². The van der Waals surface area contributed by atoms with Crippen molar-refractivity contribution in [2.75, 3.05) is 11.9 Å². The second kappa shape index (κ2) is 9.77. The maximum absolute atomic E-state index is 11.9. The molecule has 0 fully saturated rings. The molecule has 10 nitrogen and oxygen atoms in total. The monoisotopic (exact) mass is 366 g/mol. The zero-order chi connectivity index (χ0) is 19.7. The maximum Gasteiger partial charge on any atom is 0.338 e. The Morgan fingerprint density at radius 3 is 2.38 bits per heavy atom. The molecule has 0 aliphatic rings. The molecular weight excluding hydrogens is 348 g/mol. The lowest BCUT2D eigenvalue weighted by atomic mass is 10.1. The fraction of sp³-hybridized carbons (Fsp3) is 0.312. The summed E-state index contributed by atoms with van der Waals surface area (Å²) in [6, 6.07) is 4.12. The van der Waals surface area contributed by atoms with Crippen molar-refractivity contribution in [2.24, 2.45) is 0 Å². The van der Waals surface area contributed by atoms with E-state index in [-0.39, 0.29) is 24.3 Å². The van der Waals surface area contributed by atoms with Gasteiger partial charge in [0.2, 0.25) is 0 Å². The second-order valence-electron chi connectivity index (χ2n) is 5.05. The van der Waals surface area contributed by atoms with E-state index < -0.39 is 42.2 Å². The maximum atomic E-state index is 11.9. The zero-order valence-corrected chi connectivity index (χ0v) is 13.9. The molecule has 0 saturated heterocycles. The van der Waals surface area contributed by atoms with Gasteiger partial charge in [0.05, 0.1) is 12.2 Å². The Kier molecular flexibility index (Phi) is 7.74. The number of anilines is 1. The van der Waals surface area contributed by atoms with Gasteiger partial charge in [-0.2, -0.15) is 0 Å². The van der Waals surface area contributed by atoms with Gasteiger partial charge in [0.25, 0.3) is 0 Å². The number of amides is 2. The predicted octanol–water partition coefficient (Wildman–Crippen LogP) is 0.236. The number of carbonyl (C=O) groups excluding carboxylic acids is 3. The molecule has 1 unspecified atom stereocenters. The predicted molar refractivity (Wildman–Crippen MR) is 87.5 cm³/mol. The number of benzene rings is 1. The Balaban J connectivity index is 2.72. The summed E-state index contributed by atoms with van der Waals surface area (Å²) in [5.74, 6) is -5.70. The van der Waals surface area contributed by atoms with Gasteiger partial charge in [0.15, 0.2) is 0 Å². The molecule has 26 heavy (non-hydrogen) atoms. The van der Waals surface area contributed by atoms with Crippen molar-refractivity contribution < 1.29 is 38.9 Å². The van der Waals surface area contributed by atoms with E-state index in [0.29, 0.717) is 0 Å². The molecular formula is C16H18N2O8. The Morgan fingerprint density at radius 1 is 1.12 bits per heavy atom. The second-order valence-corrected chi connectivity index (χ2v) is 5.05. The number of hydrogen-bond donors (Lipinski definition) is 4. The summed E-state index contributed by atoms with van der Waals surface area (Å²) in [7, 11) is 0. The first-order chi connectivity index (χ1) is 12.2. The van der Waals surface area contributed by atoms with Crippen molar-refractivity contribution in [2.45, 2.75) is 25.8 Å². The Hall–Kier alpha value is -3.43. The van der Waals surface area contributed by atoms with E-state index in [1.54, 1.807) is 6.92 Å². The number of esters is 1. The molecule has 0 bridgehead atoms. The third kappa shape index (κ3) is 6.59. The Morgan fingerprint density at radius 2 is 1.81 bits per heavy atom.